The minimum Gasteiger partial charge on any atom is -0.493 e. The fraction of sp³-hybridized carbons (Fsp3) is 0.194. The van der Waals surface area contributed by atoms with Crippen molar-refractivity contribution in [2.45, 2.75) is 26.1 Å². The summed E-state index contributed by atoms with van der Waals surface area (Å²) in [5.74, 6) is 27.4. The van der Waals surface area contributed by atoms with E-state index in [1.54, 1.807) is 0 Å². The van der Waals surface area contributed by atoms with Crippen LogP contribution in [0.2, 0.25) is 0 Å². The number of terminal acetylenes is 1. The summed E-state index contributed by atoms with van der Waals surface area (Å²) >= 11 is 0. The van der Waals surface area contributed by atoms with Crippen LogP contribution in [0, 0.1) is 71.7 Å². The first kappa shape index (κ1) is 49.3. The van der Waals surface area contributed by atoms with Gasteiger partial charge in [0.05, 0.1) is 36.0 Å². The zero-order valence-electron chi connectivity index (χ0n) is 41.3. The van der Waals surface area contributed by atoms with Gasteiger partial charge >= 0.3 is 0 Å². The Bertz CT molecular complexity index is 3600. The molecule has 72 heavy (non-hydrogen) atoms. The molecule has 0 atom stereocenters. The van der Waals surface area contributed by atoms with Gasteiger partial charge in [-0.1, -0.05) is 24.3 Å². The number of benzene rings is 3. The van der Waals surface area contributed by atoms with E-state index in [1.165, 1.54) is 16.7 Å². The van der Waals surface area contributed by atoms with Gasteiger partial charge in [0.15, 0.2) is 0 Å². The number of rotatable bonds is 15. The summed E-state index contributed by atoms with van der Waals surface area (Å²) in [6.45, 7) is 3.54. The number of nitrogens with zero attached hydrogens (tertiary/aromatic N) is 5. The Morgan fingerprint density at radius 2 is 0.986 bits per heavy atom. The van der Waals surface area contributed by atoms with Gasteiger partial charge in [0.25, 0.3) is 0 Å². The molecular weight excluding hydrogens is 891 g/mol. The molecule has 5 heterocycles. The maximum Gasteiger partial charge on any atom is 0.140 e. The predicted molar refractivity (Wildman–Crippen MR) is 318 cm³/mol. The minimum atomic E-state index is 0. The van der Waals surface area contributed by atoms with Crippen LogP contribution in [0.1, 0.15) is 63.0 Å². The van der Waals surface area contributed by atoms with E-state index in [-0.39, 0.29) is 17.1 Å². The molecule has 0 fully saturated rings. The molecule has 378 valence electrons. The summed E-state index contributed by atoms with van der Waals surface area (Å²) in [7, 11) is 12.6. The maximum absolute atomic E-state index is 6.56. The fourth-order valence-electron chi connectivity index (χ4n) is 8.26. The minimum absolute atomic E-state index is 0. The smallest absolute Gasteiger partial charge is 0.140 e. The summed E-state index contributed by atoms with van der Waals surface area (Å²) in [4.78, 5) is 24.1. The average Bonchev–Trinajstić information content (AvgIpc) is 4.20. The Morgan fingerprint density at radius 3 is 1.49 bits per heavy atom. The lowest BCUT2D eigenvalue weighted by atomic mass is 10.0. The average molecular weight is 968 g/mol. The largest absolute Gasteiger partial charge is 0.493 e. The molecule has 8 bridgehead atoms. The molecular formula is C62H77N7O3. The first-order valence-electron chi connectivity index (χ1n) is 23.4. The number of hydrogen-bond acceptors (Lipinski definition) is 8. The molecule has 0 spiro atoms. The quantitative estimate of drug-likeness (QED) is 0.0775. The highest BCUT2D eigenvalue weighted by atomic mass is 16.5. The van der Waals surface area contributed by atoms with Crippen molar-refractivity contribution in [2.24, 2.45) is 0 Å². The lowest BCUT2D eigenvalue weighted by molar-refractivity contribution is 0.240. The maximum atomic E-state index is 6.56. The van der Waals surface area contributed by atoms with Gasteiger partial charge in [0, 0.05) is 117 Å². The molecule has 0 aliphatic carbocycles. The molecule has 10 nitrogen and oxygen atoms in total. The second-order valence-corrected chi connectivity index (χ2v) is 17.7. The third kappa shape index (κ3) is 13.4. The van der Waals surface area contributed by atoms with E-state index in [0.29, 0.717) is 19.0 Å². The van der Waals surface area contributed by atoms with E-state index in [0.717, 1.165) is 105 Å². The first-order valence-corrected chi connectivity index (χ1v) is 23.4. The molecule has 0 saturated carbocycles. The predicted octanol–water partition coefficient (Wildman–Crippen LogP) is 13.0. The van der Waals surface area contributed by atoms with Gasteiger partial charge in [-0.3, -0.25) is 0 Å². The van der Waals surface area contributed by atoms with Crippen molar-refractivity contribution in [3.63, 3.8) is 0 Å². The van der Waals surface area contributed by atoms with Crippen LogP contribution in [0.4, 0.5) is 0 Å². The second-order valence-electron chi connectivity index (χ2n) is 17.7. The van der Waals surface area contributed by atoms with Gasteiger partial charge in [0.1, 0.15) is 23.4 Å². The number of ether oxygens (including phenoxy) is 3. The number of nitrogens with one attached hydrogen (secondary N) is 2. The molecule has 3 aromatic heterocycles. The van der Waals surface area contributed by atoms with Crippen molar-refractivity contribution in [1.29, 1.82) is 0 Å². The van der Waals surface area contributed by atoms with Gasteiger partial charge in [-0.2, -0.15) is 0 Å². The fourth-order valence-corrected chi connectivity index (χ4v) is 8.26. The van der Waals surface area contributed by atoms with Crippen molar-refractivity contribution < 1.29 is 31.3 Å². The Labute approximate surface area is 440 Å². The monoisotopic (exact) mass is 968 g/mol. The summed E-state index contributed by atoms with van der Waals surface area (Å²) in [6.07, 6.45) is 16.6. The summed E-state index contributed by atoms with van der Waals surface area (Å²) in [5.41, 5.74) is 14.5. The lowest BCUT2D eigenvalue weighted by Gasteiger charge is -2.23. The van der Waals surface area contributed by atoms with Crippen LogP contribution in [0.5, 0.6) is 17.2 Å². The standard InChI is InChI=1S/C62H53N7O3.12H2/c1-8-9-10-11-12-13-14-15-16-17-35-70-54-27-19-46(20-28-54)60-56-31-23-50(63-56)40-52-25-33-58(65-52)61(59-34-26-53(66-59)41-51-24-32-57(60)64-51)47-21-29-55(30-22-47)71-36-18-37-72-62-48(43-68(4)5)38-45(42-67(2)3)39-49(62)44-69(6)7;;;;;;;;;;;;/h1,19-34,38-41,63,66H,18,36-37,42-44H2,2-7H3;12*1H. The van der Waals surface area contributed by atoms with Gasteiger partial charge in [0.2, 0.25) is 0 Å². The Morgan fingerprint density at radius 1 is 0.514 bits per heavy atom. The van der Waals surface area contributed by atoms with Crippen molar-refractivity contribution >= 4 is 46.4 Å². The molecule has 0 saturated heterocycles. The van der Waals surface area contributed by atoms with Crippen LogP contribution >= 0.6 is 0 Å². The number of H-pyrrole nitrogens is 2. The zero-order chi connectivity index (χ0) is 50.2. The van der Waals surface area contributed by atoms with E-state index >= 15 is 0 Å². The Hall–Kier alpha value is -9.10. The van der Waals surface area contributed by atoms with Crippen molar-refractivity contribution in [1.82, 2.24) is 34.6 Å². The van der Waals surface area contributed by atoms with Gasteiger partial charge in [-0.15, -0.1) is 6.42 Å². The highest BCUT2D eigenvalue weighted by molar-refractivity contribution is 5.93. The highest BCUT2D eigenvalue weighted by Crippen LogP contribution is 2.34. The van der Waals surface area contributed by atoms with E-state index in [4.69, 9.17) is 30.6 Å². The molecule has 8 rings (SSSR count). The molecule has 3 aromatic carbocycles. The molecule has 0 amide bonds. The van der Waals surface area contributed by atoms with Crippen LogP contribution in [0.15, 0.2) is 97.1 Å². The first-order chi connectivity index (χ1) is 35.1. The summed E-state index contributed by atoms with van der Waals surface area (Å²) in [6, 6.07) is 32.9. The molecule has 0 radical (unpaired) electrons. The molecule has 10 heteroatoms. The van der Waals surface area contributed by atoms with Gasteiger partial charge in [-0.05, 0) is 186 Å². The SMILES string of the molecule is C#CC#CC#CC#CC#CC#COc1ccc(-c2c3nc(cc4ccc([nH]4)c(-c4ccc(OCCCOc5c(CN(C)C)cc(CN(C)C)cc5CN(C)C)cc4)c4nc(cc5ccc2[nH]5)C=C4)C=C3)cc1.[HH].[HH].[HH].[HH].[HH].[HH].[HH].[HH].[HH].[HH].[HH].[HH]. The molecule has 0 unspecified atom stereocenters. The van der Waals surface area contributed by atoms with Crippen LogP contribution in [-0.2, 0) is 19.6 Å². The van der Waals surface area contributed by atoms with Crippen LogP contribution in [-0.4, -0.2) is 90.1 Å². The summed E-state index contributed by atoms with van der Waals surface area (Å²) in [5, 5.41) is 0. The molecule has 2 N–H and O–H groups in total. The van der Waals surface area contributed by atoms with Crippen molar-refractivity contribution in [2.75, 3.05) is 55.5 Å². The third-order valence-electron chi connectivity index (χ3n) is 11.1. The van der Waals surface area contributed by atoms with Crippen LogP contribution in [0.3, 0.4) is 0 Å². The topological polar surface area (TPSA) is 94.8 Å². The van der Waals surface area contributed by atoms with E-state index in [2.05, 4.69) is 187 Å². The normalized spacial score (nSPS) is 10.9. The highest BCUT2D eigenvalue weighted by Gasteiger charge is 2.17. The van der Waals surface area contributed by atoms with E-state index in [9.17, 15) is 0 Å². The number of aromatic amines is 2. The van der Waals surface area contributed by atoms with Gasteiger partial charge < -0.3 is 38.9 Å². The van der Waals surface area contributed by atoms with Gasteiger partial charge in [-0.25, -0.2) is 9.97 Å². The Balaban J connectivity index is -0.00000173. The van der Waals surface area contributed by atoms with Crippen molar-refractivity contribution in [3.05, 3.63) is 137 Å². The summed E-state index contributed by atoms with van der Waals surface area (Å²) < 4.78 is 18.5. The molecule has 2 aliphatic heterocycles. The zero-order valence-corrected chi connectivity index (χ0v) is 41.3. The Kier molecular flexibility index (Phi) is 16.4. The van der Waals surface area contributed by atoms with Crippen molar-refractivity contribution in [3.8, 4) is 111 Å². The lowest BCUT2D eigenvalue weighted by Crippen LogP contribution is -2.18. The van der Waals surface area contributed by atoms with E-state index in [1.807, 2.05) is 66.8 Å². The van der Waals surface area contributed by atoms with E-state index < -0.39 is 0 Å². The second kappa shape index (κ2) is 24.0. The number of hydrogen-bond donors (Lipinski definition) is 2. The third-order valence-corrected chi connectivity index (χ3v) is 11.1. The number of fused-ring (bicyclic) bond motifs is 8. The van der Waals surface area contributed by atoms with Crippen LogP contribution in [0.25, 0.3) is 68.6 Å². The van der Waals surface area contributed by atoms with Crippen LogP contribution < -0.4 is 14.2 Å². The molecule has 6 aromatic rings. The number of aromatic nitrogens is 4. The molecule has 2 aliphatic rings.